The lowest BCUT2D eigenvalue weighted by Crippen LogP contribution is -2.27. The van der Waals surface area contributed by atoms with Crippen LogP contribution in [0.1, 0.15) is 40.5 Å². The highest BCUT2D eigenvalue weighted by molar-refractivity contribution is 5.76. The Labute approximate surface area is 75.9 Å². The summed E-state index contributed by atoms with van der Waals surface area (Å²) < 4.78 is 0. The molecule has 1 saturated heterocycles. The monoisotopic (exact) mass is 171 g/mol. The van der Waals surface area contributed by atoms with Gasteiger partial charge in [-0.05, 0) is 12.3 Å². The molecular weight excluding hydrogens is 150 g/mol. The minimum atomic E-state index is 0.310. The summed E-state index contributed by atoms with van der Waals surface area (Å²) in [5, 5.41) is 0. The maximum Gasteiger partial charge on any atom is 0.222 e. The van der Waals surface area contributed by atoms with Gasteiger partial charge < -0.3 is 4.90 Å². The number of nitrogens with zero attached hydrogens (tertiary/aromatic N) is 1. The zero-order chi connectivity index (χ0) is 9.56. The Morgan fingerprint density at radius 2 is 2.08 bits per heavy atom. The van der Waals surface area contributed by atoms with E-state index in [4.69, 9.17) is 0 Å². The summed E-state index contributed by atoms with van der Waals surface area (Å²) in [7, 11) is 0. The summed E-state index contributed by atoms with van der Waals surface area (Å²) in [5.74, 6) is 1.03. The van der Waals surface area contributed by atoms with E-state index in [1.807, 2.05) is 25.7 Å². The zero-order valence-corrected chi connectivity index (χ0v) is 8.76. The van der Waals surface area contributed by atoms with Gasteiger partial charge in [-0.15, -0.1) is 0 Å². The number of rotatable bonds is 1. The average Bonchev–Trinajstić information content (AvgIpc) is 2.54. The topological polar surface area (TPSA) is 20.3 Å². The molecule has 0 spiro atoms. The van der Waals surface area contributed by atoms with E-state index in [1.54, 1.807) is 0 Å². The maximum atomic E-state index is 11.1. The third kappa shape index (κ3) is 3.24. The van der Waals surface area contributed by atoms with Crippen LogP contribution in [-0.2, 0) is 4.79 Å². The van der Waals surface area contributed by atoms with Gasteiger partial charge in [0.25, 0.3) is 0 Å². The minimum Gasteiger partial charge on any atom is -0.342 e. The van der Waals surface area contributed by atoms with Crippen molar-refractivity contribution in [3.63, 3.8) is 0 Å². The van der Waals surface area contributed by atoms with Crippen LogP contribution < -0.4 is 0 Å². The molecule has 1 unspecified atom stereocenters. The van der Waals surface area contributed by atoms with Gasteiger partial charge >= 0.3 is 0 Å². The lowest BCUT2D eigenvalue weighted by molar-refractivity contribution is -0.129. The first-order valence-electron chi connectivity index (χ1n) is 5.01. The fraction of sp³-hybridized carbons (Fsp3) is 0.900. The molecule has 2 heteroatoms. The van der Waals surface area contributed by atoms with Gasteiger partial charge in [0, 0.05) is 19.5 Å². The van der Waals surface area contributed by atoms with Crippen LogP contribution in [0.3, 0.4) is 0 Å². The molecule has 1 heterocycles. The van der Waals surface area contributed by atoms with Crippen molar-refractivity contribution in [1.82, 2.24) is 4.90 Å². The molecular formula is C10H21NO. The minimum absolute atomic E-state index is 0.310. The number of likely N-dealkylation sites (tertiary alicyclic amines) is 1. The quantitative estimate of drug-likeness (QED) is 0.592. The molecule has 1 aliphatic rings. The van der Waals surface area contributed by atoms with Gasteiger partial charge in [0.15, 0.2) is 0 Å². The highest BCUT2D eigenvalue weighted by Crippen LogP contribution is 2.15. The van der Waals surface area contributed by atoms with E-state index < -0.39 is 0 Å². The van der Waals surface area contributed by atoms with Crippen molar-refractivity contribution in [2.75, 3.05) is 13.1 Å². The van der Waals surface area contributed by atoms with Crippen LogP contribution in [0.25, 0.3) is 0 Å². The van der Waals surface area contributed by atoms with Gasteiger partial charge in [0.2, 0.25) is 5.91 Å². The maximum absolute atomic E-state index is 11.1. The Balaban J connectivity index is 0.000000561. The van der Waals surface area contributed by atoms with E-state index in [9.17, 15) is 4.79 Å². The molecule has 0 N–H and O–H groups in total. The van der Waals surface area contributed by atoms with E-state index in [0.717, 1.165) is 19.0 Å². The van der Waals surface area contributed by atoms with Crippen LogP contribution in [0.2, 0.25) is 0 Å². The molecule has 0 saturated carbocycles. The average molecular weight is 171 g/mol. The van der Waals surface area contributed by atoms with E-state index >= 15 is 0 Å². The van der Waals surface area contributed by atoms with E-state index in [-0.39, 0.29) is 0 Å². The molecule has 0 aromatic heterocycles. The molecule has 0 radical (unpaired) electrons. The molecule has 1 atom stereocenters. The van der Waals surface area contributed by atoms with E-state index in [1.165, 1.54) is 6.42 Å². The first-order valence-corrected chi connectivity index (χ1v) is 5.01. The van der Waals surface area contributed by atoms with Crippen LogP contribution in [0.15, 0.2) is 0 Å². The largest absolute Gasteiger partial charge is 0.342 e. The highest BCUT2D eigenvalue weighted by atomic mass is 16.2. The van der Waals surface area contributed by atoms with Crippen molar-refractivity contribution in [3.8, 4) is 0 Å². The van der Waals surface area contributed by atoms with Crippen molar-refractivity contribution in [3.05, 3.63) is 0 Å². The number of carbonyl (C=O) groups is 1. The zero-order valence-electron chi connectivity index (χ0n) is 8.76. The Morgan fingerprint density at radius 3 is 2.42 bits per heavy atom. The molecule has 0 aliphatic carbocycles. The Hall–Kier alpha value is -0.530. The third-order valence-corrected chi connectivity index (χ3v) is 2.08. The molecule has 0 aromatic rings. The lowest BCUT2D eigenvalue weighted by Gasteiger charge is -2.13. The lowest BCUT2D eigenvalue weighted by atomic mass is 10.2. The smallest absolute Gasteiger partial charge is 0.222 e. The van der Waals surface area contributed by atoms with Gasteiger partial charge in [-0.2, -0.15) is 0 Å². The fourth-order valence-corrected chi connectivity index (χ4v) is 1.39. The summed E-state index contributed by atoms with van der Waals surface area (Å²) in [6, 6.07) is 0. The normalized spacial score (nSPS) is 21.7. The molecule has 1 aliphatic heterocycles. The second-order valence-corrected chi connectivity index (χ2v) is 3.09. The molecule has 1 amide bonds. The van der Waals surface area contributed by atoms with Crippen molar-refractivity contribution < 1.29 is 4.79 Å². The predicted molar refractivity (Wildman–Crippen MR) is 52.0 cm³/mol. The summed E-state index contributed by atoms with van der Waals surface area (Å²) in [6.07, 6.45) is 1.85. The van der Waals surface area contributed by atoms with Crippen LogP contribution in [-0.4, -0.2) is 23.9 Å². The van der Waals surface area contributed by atoms with Crippen molar-refractivity contribution in [2.24, 2.45) is 5.92 Å². The van der Waals surface area contributed by atoms with Gasteiger partial charge in [0.1, 0.15) is 0 Å². The number of carbonyl (C=O) groups excluding carboxylic acids is 1. The highest BCUT2D eigenvalue weighted by Gasteiger charge is 2.21. The summed E-state index contributed by atoms with van der Waals surface area (Å²) >= 11 is 0. The molecule has 2 nitrogen and oxygen atoms in total. The molecule has 1 fully saturated rings. The molecule has 72 valence electrons. The molecule has 0 bridgehead atoms. The summed E-state index contributed by atoms with van der Waals surface area (Å²) in [5.41, 5.74) is 0. The van der Waals surface area contributed by atoms with Crippen LogP contribution in [0.4, 0.5) is 0 Å². The Bertz CT molecular complexity index is 134. The Kier molecular flexibility index (Phi) is 5.77. The van der Waals surface area contributed by atoms with Crippen LogP contribution in [0, 0.1) is 5.92 Å². The van der Waals surface area contributed by atoms with Gasteiger partial charge in [-0.3, -0.25) is 4.79 Å². The van der Waals surface area contributed by atoms with Gasteiger partial charge in [0.05, 0.1) is 0 Å². The predicted octanol–water partition coefficient (Wildman–Crippen LogP) is 2.29. The van der Waals surface area contributed by atoms with E-state index in [0.29, 0.717) is 12.3 Å². The SMILES string of the molecule is CC.CCC(=O)N1CCC(C)C1. The van der Waals surface area contributed by atoms with Crippen molar-refractivity contribution in [1.29, 1.82) is 0 Å². The standard InChI is InChI=1S/C8H15NO.C2H6/c1-3-8(10)9-5-4-7(2)6-9;1-2/h7H,3-6H2,1-2H3;1-2H3. The summed E-state index contributed by atoms with van der Waals surface area (Å²) in [6.45, 7) is 10.1. The fourth-order valence-electron chi connectivity index (χ4n) is 1.39. The van der Waals surface area contributed by atoms with Gasteiger partial charge in [-0.1, -0.05) is 27.7 Å². The molecule has 1 rings (SSSR count). The molecule has 12 heavy (non-hydrogen) atoms. The second-order valence-electron chi connectivity index (χ2n) is 3.09. The first kappa shape index (κ1) is 11.5. The van der Waals surface area contributed by atoms with E-state index in [2.05, 4.69) is 6.92 Å². The molecule has 0 aromatic carbocycles. The second kappa shape index (κ2) is 6.04. The number of hydrogen-bond acceptors (Lipinski definition) is 1. The van der Waals surface area contributed by atoms with Crippen LogP contribution >= 0.6 is 0 Å². The number of amides is 1. The van der Waals surface area contributed by atoms with Gasteiger partial charge in [-0.25, -0.2) is 0 Å². The van der Waals surface area contributed by atoms with Crippen molar-refractivity contribution in [2.45, 2.75) is 40.5 Å². The summed E-state index contributed by atoms with van der Waals surface area (Å²) in [4.78, 5) is 13.0. The number of hydrogen-bond donors (Lipinski definition) is 0. The van der Waals surface area contributed by atoms with Crippen LogP contribution in [0.5, 0.6) is 0 Å². The van der Waals surface area contributed by atoms with Crippen molar-refractivity contribution >= 4 is 5.91 Å². The first-order chi connectivity index (χ1) is 5.74. The third-order valence-electron chi connectivity index (χ3n) is 2.08. The Morgan fingerprint density at radius 1 is 1.50 bits per heavy atom.